The molecule has 0 amide bonds. The van der Waals surface area contributed by atoms with Crippen LogP contribution in [0.3, 0.4) is 0 Å². The first-order chi connectivity index (χ1) is 10.3. The molecule has 21 heavy (non-hydrogen) atoms. The summed E-state index contributed by atoms with van der Waals surface area (Å²) in [4.78, 5) is 2.64. The van der Waals surface area contributed by atoms with Gasteiger partial charge in [0.25, 0.3) is 0 Å². The van der Waals surface area contributed by atoms with Crippen molar-refractivity contribution in [3.8, 4) is 0 Å². The van der Waals surface area contributed by atoms with Crippen molar-refractivity contribution < 1.29 is 4.74 Å². The van der Waals surface area contributed by atoms with Crippen molar-refractivity contribution in [3.63, 3.8) is 0 Å². The molecule has 1 aromatic carbocycles. The third-order valence-electron chi connectivity index (χ3n) is 5.39. The van der Waals surface area contributed by atoms with Crippen LogP contribution in [-0.2, 0) is 11.2 Å². The first-order valence-electron chi connectivity index (χ1n) is 8.44. The Morgan fingerprint density at radius 2 is 1.76 bits per heavy atom. The minimum absolute atomic E-state index is 0.235. The highest BCUT2D eigenvalue weighted by Gasteiger charge is 2.44. The Morgan fingerprint density at radius 1 is 1.10 bits per heavy atom. The standard InChI is InChI=1S/C18H28N2O/c19-17(9-8-16-6-2-1-3-7-16)18(10-4-5-11-18)20-12-14-21-15-13-20/h1-3,6-7,17H,4-5,8-15,19H2. The van der Waals surface area contributed by atoms with Gasteiger partial charge in [0.05, 0.1) is 13.2 Å². The summed E-state index contributed by atoms with van der Waals surface area (Å²) in [6, 6.07) is 11.0. The molecule has 1 aromatic rings. The summed E-state index contributed by atoms with van der Waals surface area (Å²) in [5, 5.41) is 0. The van der Waals surface area contributed by atoms with Crippen LogP contribution >= 0.6 is 0 Å². The van der Waals surface area contributed by atoms with Crippen molar-refractivity contribution >= 4 is 0 Å². The van der Waals surface area contributed by atoms with Crippen LogP contribution in [0.1, 0.15) is 37.7 Å². The third-order valence-corrected chi connectivity index (χ3v) is 5.39. The number of aryl methyl sites for hydroxylation is 1. The number of nitrogens with two attached hydrogens (primary N) is 1. The van der Waals surface area contributed by atoms with Crippen LogP contribution < -0.4 is 5.73 Å². The predicted octanol–water partition coefficient (Wildman–Crippen LogP) is 2.59. The number of hydrogen-bond acceptors (Lipinski definition) is 3. The van der Waals surface area contributed by atoms with E-state index in [2.05, 4.69) is 35.2 Å². The number of ether oxygens (including phenoxy) is 1. The summed E-state index contributed by atoms with van der Waals surface area (Å²) in [6.07, 6.45) is 7.37. The van der Waals surface area contributed by atoms with Gasteiger partial charge in [-0.3, -0.25) is 4.90 Å². The molecule has 3 rings (SSSR count). The molecule has 1 saturated heterocycles. The summed E-state index contributed by atoms with van der Waals surface area (Å²) >= 11 is 0. The van der Waals surface area contributed by atoms with Crippen molar-refractivity contribution in [2.24, 2.45) is 5.73 Å². The van der Waals surface area contributed by atoms with Gasteiger partial charge in [-0.25, -0.2) is 0 Å². The maximum atomic E-state index is 6.71. The highest BCUT2D eigenvalue weighted by Crippen LogP contribution is 2.39. The van der Waals surface area contributed by atoms with E-state index in [9.17, 15) is 0 Å². The lowest BCUT2D eigenvalue weighted by Gasteiger charge is -2.47. The van der Waals surface area contributed by atoms with Gasteiger partial charge in [-0.2, -0.15) is 0 Å². The summed E-state index contributed by atoms with van der Waals surface area (Å²) in [5.41, 5.74) is 8.35. The molecule has 1 aliphatic carbocycles. The van der Waals surface area contributed by atoms with E-state index in [0.29, 0.717) is 0 Å². The van der Waals surface area contributed by atoms with Crippen LogP contribution in [-0.4, -0.2) is 42.8 Å². The normalized spacial score (nSPS) is 24.0. The molecule has 2 fully saturated rings. The van der Waals surface area contributed by atoms with E-state index in [4.69, 9.17) is 10.5 Å². The second-order valence-corrected chi connectivity index (χ2v) is 6.54. The summed E-state index contributed by atoms with van der Waals surface area (Å²) < 4.78 is 5.53. The molecule has 2 N–H and O–H groups in total. The number of nitrogens with zero attached hydrogens (tertiary/aromatic N) is 1. The van der Waals surface area contributed by atoms with Crippen LogP contribution in [0.2, 0.25) is 0 Å². The van der Waals surface area contributed by atoms with Gasteiger partial charge < -0.3 is 10.5 Å². The second-order valence-electron chi connectivity index (χ2n) is 6.54. The SMILES string of the molecule is NC(CCc1ccccc1)C1(N2CCOCC2)CCCC1. The Balaban J connectivity index is 1.65. The molecule has 0 radical (unpaired) electrons. The van der Waals surface area contributed by atoms with Gasteiger partial charge in [0.15, 0.2) is 0 Å². The molecule has 3 nitrogen and oxygen atoms in total. The molecule has 116 valence electrons. The zero-order chi connectivity index (χ0) is 14.5. The number of rotatable bonds is 5. The van der Waals surface area contributed by atoms with Crippen LogP contribution in [0.15, 0.2) is 30.3 Å². The Labute approximate surface area is 128 Å². The average molecular weight is 288 g/mol. The van der Waals surface area contributed by atoms with Gasteiger partial charge >= 0.3 is 0 Å². The fourth-order valence-electron chi connectivity index (χ4n) is 4.15. The van der Waals surface area contributed by atoms with E-state index in [1.807, 2.05) is 0 Å². The third kappa shape index (κ3) is 3.31. The molecule has 2 aliphatic rings. The molecule has 1 aliphatic heterocycles. The maximum absolute atomic E-state index is 6.71. The Morgan fingerprint density at radius 3 is 2.43 bits per heavy atom. The quantitative estimate of drug-likeness (QED) is 0.905. The van der Waals surface area contributed by atoms with E-state index >= 15 is 0 Å². The molecular formula is C18H28N2O. The molecule has 0 aromatic heterocycles. The lowest BCUT2D eigenvalue weighted by atomic mass is 9.83. The van der Waals surface area contributed by atoms with Crippen molar-refractivity contribution in [3.05, 3.63) is 35.9 Å². The molecule has 1 atom stereocenters. The van der Waals surface area contributed by atoms with Crippen molar-refractivity contribution in [2.75, 3.05) is 26.3 Å². The fourth-order valence-corrected chi connectivity index (χ4v) is 4.15. The molecule has 0 bridgehead atoms. The van der Waals surface area contributed by atoms with Gasteiger partial charge in [-0.15, -0.1) is 0 Å². The van der Waals surface area contributed by atoms with Crippen LogP contribution in [0.5, 0.6) is 0 Å². The molecule has 0 spiro atoms. The minimum atomic E-state index is 0.235. The summed E-state index contributed by atoms with van der Waals surface area (Å²) in [5.74, 6) is 0. The molecule has 1 saturated carbocycles. The summed E-state index contributed by atoms with van der Waals surface area (Å²) in [7, 11) is 0. The van der Waals surface area contributed by atoms with E-state index in [0.717, 1.165) is 39.1 Å². The van der Waals surface area contributed by atoms with Gasteiger partial charge in [-0.1, -0.05) is 43.2 Å². The van der Waals surface area contributed by atoms with Crippen molar-refractivity contribution in [1.82, 2.24) is 4.90 Å². The Bertz CT molecular complexity index is 422. The topological polar surface area (TPSA) is 38.5 Å². The molecular weight excluding hydrogens is 260 g/mol. The highest BCUT2D eigenvalue weighted by molar-refractivity contribution is 5.15. The van der Waals surface area contributed by atoms with E-state index in [1.54, 1.807) is 0 Å². The smallest absolute Gasteiger partial charge is 0.0594 e. The Kier molecular flexibility index (Phi) is 4.94. The first-order valence-corrected chi connectivity index (χ1v) is 8.44. The maximum Gasteiger partial charge on any atom is 0.0594 e. The van der Waals surface area contributed by atoms with Crippen LogP contribution in [0.4, 0.5) is 0 Å². The zero-order valence-electron chi connectivity index (χ0n) is 13.0. The van der Waals surface area contributed by atoms with E-state index in [1.165, 1.54) is 31.2 Å². The van der Waals surface area contributed by atoms with E-state index < -0.39 is 0 Å². The summed E-state index contributed by atoms with van der Waals surface area (Å²) in [6.45, 7) is 3.85. The number of hydrogen-bond donors (Lipinski definition) is 1. The predicted molar refractivity (Wildman–Crippen MR) is 86.3 cm³/mol. The zero-order valence-corrected chi connectivity index (χ0v) is 13.0. The lowest BCUT2D eigenvalue weighted by Crippen LogP contribution is -2.61. The molecule has 3 heteroatoms. The van der Waals surface area contributed by atoms with Gasteiger partial charge in [-0.05, 0) is 31.2 Å². The molecule has 1 heterocycles. The van der Waals surface area contributed by atoms with E-state index in [-0.39, 0.29) is 11.6 Å². The molecule has 1 unspecified atom stereocenters. The van der Waals surface area contributed by atoms with Crippen LogP contribution in [0.25, 0.3) is 0 Å². The van der Waals surface area contributed by atoms with Gasteiger partial charge in [0.2, 0.25) is 0 Å². The fraction of sp³-hybridized carbons (Fsp3) is 0.667. The minimum Gasteiger partial charge on any atom is -0.379 e. The van der Waals surface area contributed by atoms with Crippen molar-refractivity contribution in [1.29, 1.82) is 0 Å². The number of morpholine rings is 1. The number of benzene rings is 1. The van der Waals surface area contributed by atoms with Crippen molar-refractivity contribution in [2.45, 2.75) is 50.1 Å². The Hall–Kier alpha value is -0.900. The lowest BCUT2D eigenvalue weighted by molar-refractivity contribution is -0.0315. The monoisotopic (exact) mass is 288 g/mol. The largest absolute Gasteiger partial charge is 0.379 e. The average Bonchev–Trinajstić information content (AvgIpc) is 3.05. The second kappa shape index (κ2) is 6.91. The highest BCUT2D eigenvalue weighted by atomic mass is 16.5. The van der Waals surface area contributed by atoms with Gasteiger partial charge in [0.1, 0.15) is 0 Å². The van der Waals surface area contributed by atoms with Gasteiger partial charge in [0, 0.05) is 24.7 Å². The van der Waals surface area contributed by atoms with Crippen LogP contribution in [0, 0.1) is 0 Å². The first kappa shape index (κ1) is 15.0.